The highest BCUT2D eigenvalue weighted by molar-refractivity contribution is 7.89. The van der Waals surface area contributed by atoms with Gasteiger partial charge < -0.3 is 10.5 Å². The lowest BCUT2D eigenvalue weighted by atomic mass is 10.1. The highest BCUT2D eigenvalue weighted by Crippen LogP contribution is 2.28. The van der Waals surface area contributed by atoms with Crippen LogP contribution in [0.5, 0.6) is 0 Å². The molecule has 0 amide bonds. The van der Waals surface area contributed by atoms with Crippen molar-refractivity contribution in [3.63, 3.8) is 0 Å². The Morgan fingerprint density at radius 3 is 2.43 bits per heavy atom. The topological polar surface area (TPSA) is 89.7 Å². The van der Waals surface area contributed by atoms with Crippen molar-refractivity contribution in [3.8, 4) is 0 Å². The normalized spacial score (nSPS) is 11.7. The van der Waals surface area contributed by atoms with E-state index in [4.69, 9.17) is 10.5 Å². The summed E-state index contributed by atoms with van der Waals surface area (Å²) in [5.74, 6) is -0.423. The van der Waals surface area contributed by atoms with Gasteiger partial charge in [0, 0.05) is 13.6 Å². The Morgan fingerprint density at radius 1 is 1.29 bits per heavy atom. The second-order valence-corrected chi connectivity index (χ2v) is 6.81. The number of carbonyl (C=O) groups excluding carboxylic acids is 1. The van der Waals surface area contributed by atoms with E-state index < -0.39 is 16.0 Å². The molecule has 21 heavy (non-hydrogen) atoms. The van der Waals surface area contributed by atoms with Crippen LogP contribution >= 0.6 is 0 Å². The van der Waals surface area contributed by atoms with E-state index in [1.165, 1.54) is 7.05 Å². The number of carbonyl (C=O) groups is 1. The van der Waals surface area contributed by atoms with Crippen LogP contribution in [0.25, 0.3) is 0 Å². The predicted molar refractivity (Wildman–Crippen MR) is 81.4 cm³/mol. The molecule has 1 aromatic carbocycles. The molecule has 2 N–H and O–H groups in total. The van der Waals surface area contributed by atoms with Crippen molar-refractivity contribution in [1.29, 1.82) is 0 Å². The lowest BCUT2D eigenvalue weighted by Crippen LogP contribution is -2.30. The molecule has 0 aromatic heterocycles. The average molecular weight is 314 g/mol. The number of nitrogens with zero attached hydrogens (tertiary/aromatic N) is 1. The molecule has 7 heteroatoms. The van der Waals surface area contributed by atoms with E-state index in [0.717, 1.165) is 4.31 Å². The lowest BCUT2D eigenvalue weighted by Gasteiger charge is -2.20. The monoisotopic (exact) mass is 314 g/mol. The summed E-state index contributed by atoms with van der Waals surface area (Å²) in [7, 11) is -2.31. The zero-order chi connectivity index (χ0) is 16.2. The number of hydrogen-bond donors (Lipinski definition) is 1. The Kier molecular flexibility index (Phi) is 5.74. The van der Waals surface area contributed by atoms with Crippen LogP contribution in [-0.4, -0.2) is 38.9 Å². The Labute approximate surface area is 125 Å². The Morgan fingerprint density at radius 2 is 1.86 bits per heavy atom. The molecule has 1 aromatic rings. The van der Waals surface area contributed by atoms with E-state index in [9.17, 15) is 13.2 Å². The highest BCUT2D eigenvalue weighted by Gasteiger charge is 2.26. The first-order valence-corrected chi connectivity index (χ1v) is 8.13. The van der Waals surface area contributed by atoms with E-state index in [2.05, 4.69) is 0 Å². The van der Waals surface area contributed by atoms with Gasteiger partial charge in [-0.3, -0.25) is 4.79 Å². The van der Waals surface area contributed by atoms with E-state index in [0.29, 0.717) is 11.1 Å². The molecule has 0 spiro atoms. The minimum Gasteiger partial charge on any atom is -0.466 e. The zero-order valence-electron chi connectivity index (χ0n) is 12.8. The van der Waals surface area contributed by atoms with Gasteiger partial charge in [-0.2, -0.15) is 0 Å². The fourth-order valence-corrected chi connectivity index (χ4v) is 3.46. The number of esters is 1. The molecule has 118 valence electrons. The largest absolute Gasteiger partial charge is 0.466 e. The number of hydrogen-bond acceptors (Lipinski definition) is 5. The minimum absolute atomic E-state index is 0.00827. The first kappa shape index (κ1) is 17.5. The van der Waals surface area contributed by atoms with Crippen LogP contribution in [0, 0.1) is 13.8 Å². The second-order valence-electron chi connectivity index (χ2n) is 4.82. The SMILES string of the molecule is CCOC(=O)CCN(C)S(=O)(=O)c1c(C)ccc(C)c1N. The quantitative estimate of drug-likeness (QED) is 0.634. The van der Waals surface area contributed by atoms with Crippen molar-refractivity contribution in [3.05, 3.63) is 23.3 Å². The molecule has 0 unspecified atom stereocenters. The van der Waals surface area contributed by atoms with Gasteiger partial charge in [-0.25, -0.2) is 12.7 Å². The van der Waals surface area contributed by atoms with Crippen molar-refractivity contribution in [2.45, 2.75) is 32.1 Å². The third kappa shape index (κ3) is 3.95. The van der Waals surface area contributed by atoms with Gasteiger partial charge in [-0.05, 0) is 31.9 Å². The Hall–Kier alpha value is -1.60. The summed E-state index contributed by atoms with van der Waals surface area (Å²) in [6, 6.07) is 3.50. The Balaban J connectivity index is 3.01. The highest BCUT2D eigenvalue weighted by atomic mass is 32.2. The minimum atomic E-state index is -3.73. The number of rotatable bonds is 6. The van der Waals surface area contributed by atoms with Crippen LogP contribution in [0.15, 0.2) is 17.0 Å². The molecular weight excluding hydrogens is 292 g/mol. The molecule has 0 saturated carbocycles. The summed E-state index contributed by atoms with van der Waals surface area (Å²) < 4.78 is 31.1. The number of ether oxygens (including phenoxy) is 1. The fraction of sp³-hybridized carbons (Fsp3) is 0.500. The lowest BCUT2D eigenvalue weighted by molar-refractivity contribution is -0.143. The summed E-state index contributed by atoms with van der Waals surface area (Å²) in [5, 5.41) is 0. The molecule has 1 rings (SSSR count). The van der Waals surface area contributed by atoms with Gasteiger partial charge in [0.1, 0.15) is 4.90 Å². The van der Waals surface area contributed by atoms with Crippen molar-refractivity contribution in [2.24, 2.45) is 0 Å². The third-order valence-electron chi connectivity index (χ3n) is 3.22. The molecule has 0 aliphatic rings. The molecule has 0 fully saturated rings. The molecule has 6 nitrogen and oxygen atoms in total. The summed E-state index contributed by atoms with van der Waals surface area (Å²) >= 11 is 0. The van der Waals surface area contributed by atoms with Crippen LogP contribution < -0.4 is 5.73 Å². The molecule has 0 radical (unpaired) electrons. The zero-order valence-corrected chi connectivity index (χ0v) is 13.7. The first-order valence-electron chi connectivity index (χ1n) is 6.69. The summed E-state index contributed by atoms with van der Waals surface area (Å²) in [4.78, 5) is 11.4. The van der Waals surface area contributed by atoms with Crippen LogP contribution in [0.2, 0.25) is 0 Å². The van der Waals surface area contributed by atoms with E-state index in [1.54, 1.807) is 32.9 Å². The molecule has 0 heterocycles. The van der Waals surface area contributed by atoms with Crippen LogP contribution in [0.4, 0.5) is 5.69 Å². The Bertz CT molecular complexity index is 626. The number of aryl methyl sites for hydroxylation is 2. The van der Waals surface area contributed by atoms with Crippen molar-refractivity contribution in [1.82, 2.24) is 4.31 Å². The number of sulfonamides is 1. The van der Waals surface area contributed by atoms with E-state index in [1.807, 2.05) is 0 Å². The average Bonchev–Trinajstić information content (AvgIpc) is 2.40. The van der Waals surface area contributed by atoms with Crippen molar-refractivity contribution >= 4 is 21.7 Å². The van der Waals surface area contributed by atoms with Crippen LogP contribution in [0.1, 0.15) is 24.5 Å². The van der Waals surface area contributed by atoms with Gasteiger partial charge in [0.05, 0.1) is 18.7 Å². The van der Waals surface area contributed by atoms with Crippen LogP contribution in [0.3, 0.4) is 0 Å². The molecule has 0 aliphatic carbocycles. The van der Waals surface area contributed by atoms with Gasteiger partial charge in [0.25, 0.3) is 0 Å². The number of nitrogens with two attached hydrogens (primary N) is 1. The molecule has 0 bridgehead atoms. The van der Waals surface area contributed by atoms with Gasteiger partial charge >= 0.3 is 5.97 Å². The van der Waals surface area contributed by atoms with Crippen molar-refractivity contribution < 1.29 is 17.9 Å². The summed E-state index contributed by atoms with van der Waals surface area (Å²) in [5.41, 5.74) is 7.45. The standard InChI is InChI=1S/C14H22N2O4S/c1-5-20-12(17)8-9-16(4)21(18,19)14-11(3)7-6-10(2)13(14)15/h6-7H,5,8-9,15H2,1-4H3. The van der Waals surface area contributed by atoms with Crippen molar-refractivity contribution in [2.75, 3.05) is 25.9 Å². The fourth-order valence-electron chi connectivity index (χ4n) is 1.91. The first-order chi connectivity index (χ1) is 9.71. The van der Waals surface area contributed by atoms with Gasteiger partial charge in [-0.15, -0.1) is 0 Å². The molecule has 0 atom stereocenters. The van der Waals surface area contributed by atoms with Gasteiger partial charge in [0.2, 0.25) is 10.0 Å². The maximum Gasteiger partial charge on any atom is 0.307 e. The smallest absolute Gasteiger partial charge is 0.307 e. The number of benzene rings is 1. The third-order valence-corrected chi connectivity index (χ3v) is 5.28. The predicted octanol–water partition coefficient (Wildman–Crippen LogP) is 1.46. The number of nitrogen functional groups attached to an aromatic ring is 1. The molecular formula is C14H22N2O4S. The summed E-state index contributed by atoms with van der Waals surface area (Å²) in [6.07, 6.45) is 0.00827. The van der Waals surface area contributed by atoms with E-state index in [-0.39, 0.29) is 30.2 Å². The maximum atomic E-state index is 12.6. The van der Waals surface area contributed by atoms with Gasteiger partial charge in [-0.1, -0.05) is 12.1 Å². The maximum absolute atomic E-state index is 12.6. The van der Waals surface area contributed by atoms with Gasteiger partial charge in [0.15, 0.2) is 0 Å². The second kappa shape index (κ2) is 6.91. The summed E-state index contributed by atoms with van der Waals surface area (Å²) in [6.45, 7) is 5.48. The van der Waals surface area contributed by atoms with E-state index >= 15 is 0 Å². The molecule has 0 aliphatic heterocycles. The number of anilines is 1. The van der Waals surface area contributed by atoms with Crippen LogP contribution in [-0.2, 0) is 19.6 Å². The molecule has 0 saturated heterocycles.